The monoisotopic (exact) mass is 424 g/mol. The summed E-state index contributed by atoms with van der Waals surface area (Å²) in [7, 11) is -0.209. The Morgan fingerprint density at radius 3 is 2.68 bits per heavy atom. The Morgan fingerprint density at radius 2 is 2.00 bits per heavy atom. The molecule has 5 heteroatoms. The number of quaternary nitrogens is 1. The topological polar surface area (TPSA) is 52.1 Å². The quantitative estimate of drug-likeness (QED) is 0.680. The van der Waals surface area contributed by atoms with Gasteiger partial charge in [-0.25, -0.2) is 0 Å². The van der Waals surface area contributed by atoms with Gasteiger partial charge in [0.25, 0.3) is 0 Å². The van der Waals surface area contributed by atoms with Crippen LogP contribution < -0.4 is 5.32 Å². The summed E-state index contributed by atoms with van der Waals surface area (Å²) in [5, 5.41) is 2.24. The van der Waals surface area contributed by atoms with Gasteiger partial charge in [0.2, 0.25) is 0 Å². The van der Waals surface area contributed by atoms with Crippen LogP contribution in [0, 0.1) is 23.2 Å². The number of carbonyl (C=O) groups is 1. The van der Waals surface area contributed by atoms with Gasteiger partial charge in [0.05, 0.1) is 18.2 Å². The zero-order valence-corrected chi connectivity index (χ0v) is 19.7. The van der Waals surface area contributed by atoms with E-state index >= 15 is 0 Å². The number of hydrogen-bond acceptors (Lipinski definition) is 3. The second-order valence-corrected chi connectivity index (χ2v) is 11.6. The van der Waals surface area contributed by atoms with E-state index in [4.69, 9.17) is 9.31 Å². The molecule has 2 N–H and O–H groups in total. The molecule has 2 heterocycles. The lowest BCUT2D eigenvalue weighted by Crippen LogP contribution is -2.88. The largest absolute Gasteiger partial charge is 0.461 e. The molecule has 4 nitrogen and oxygen atoms in total. The Bertz CT molecular complexity index is 808. The fraction of sp³-hybridized carbons (Fsp3) is 0.731. The fourth-order valence-corrected chi connectivity index (χ4v) is 7.19. The summed E-state index contributed by atoms with van der Waals surface area (Å²) in [5.41, 5.74) is 1.47. The van der Waals surface area contributed by atoms with E-state index in [1.165, 1.54) is 12.0 Å². The number of ketones is 1. The van der Waals surface area contributed by atoms with E-state index < -0.39 is 0 Å². The van der Waals surface area contributed by atoms with Gasteiger partial charge in [-0.1, -0.05) is 51.1 Å². The van der Waals surface area contributed by atoms with E-state index in [1.54, 1.807) is 0 Å². The number of nitrogens with two attached hydrogens (primary N) is 1. The van der Waals surface area contributed by atoms with Gasteiger partial charge in [-0.3, -0.25) is 4.79 Å². The van der Waals surface area contributed by atoms with E-state index in [0.717, 1.165) is 38.1 Å². The van der Waals surface area contributed by atoms with Gasteiger partial charge in [-0.05, 0) is 60.7 Å². The van der Waals surface area contributed by atoms with Crippen LogP contribution in [0.5, 0.6) is 0 Å². The molecule has 3 unspecified atom stereocenters. The van der Waals surface area contributed by atoms with E-state index in [9.17, 15) is 4.79 Å². The first kappa shape index (κ1) is 21.7. The number of hydrogen-bond donors (Lipinski definition) is 1. The number of carbonyl (C=O) groups excluding carboxylic acids is 1. The van der Waals surface area contributed by atoms with E-state index in [1.807, 2.05) is 0 Å². The van der Waals surface area contributed by atoms with Gasteiger partial charge in [0.1, 0.15) is 6.04 Å². The highest BCUT2D eigenvalue weighted by Crippen LogP contribution is 2.66. The second kappa shape index (κ2) is 8.00. The average molecular weight is 424 g/mol. The molecule has 0 spiro atoms. The van der Waals surface area contributed by atoms with Crippen molar-refractivity contribution in [1.82, 2.24) is 0 Å². The Kier molecular flexibility index (Phi) is 5.59. The van der Waals surface area contributed by atoms with Crippen LogP contribution in [0.1, 0.15) is 65.4 Å². The molecule has 6 rings (SSSR count). The lowest BCUT2D eigenvalue weighted by Gasteiger charge is -2.64. The van der Waals surface area contributed by atoms with Gasteiger partial charge in [-0.15, -0.1) is 0 Å². The first-order chi connectivity index (χ1) is 14.8. The molecule has 2 bridgehead atoms. The van der Waals surface area contributed by atoms with Crippen molar-refractivity contribution in [3.8, 4) is 0 Å². The number of rotatable bonds is 7. The lowest BCUT2D eigenvalue weighted by molar-refractivity contribution is -0.657. The van der Waals surface area contributed by atoms with E-state index in [2.05, 4.69) is 63.3 Å². The summed E-state index contributed by atoms with van der Waals surface area (Å²) in [6, 6.07) is 10.8. The predicted octanol–water partition coefficient (Wildman–Crippen LogP) is 3.65. The molecular formula is C26H39BNO3+. The van der Waals surface area contributed by atoms with Crippen molar-refractivity contribution in [2.45, 2.75) is 89.8 Å². The summed E-state index contributed by atoms with van der Waals surface area (Å²) in [5.74, 6) is 2.17. The van der Waals surface area contributed by atoms with Crippen LogP contribution in [0.2, 0.25) is 5.82 Å². The predicted molar refractivity (Wildman–Crippen MR) is 123 cm³/mol. The third-order valence-electron chi connectivity index (χ3n) is 9.53. The molecule has 1 aromatic rings. The highest BCUT2D eigenvalue weighted by Gasteiger charge is 2.68. The van der Waals surface area contributed by atoms with Crippen molar-refractivity contribution in [3.05, 3.63) is 35.9 Å². The van der Waals surface area contributed by atoms with Crippen LogP contribution in [0.15, 0.2) is 30.3 Å². The molecule has 7 atom stereocenters. The van der Waals surface area contributed by atoms with Crippen molar-refractivity contribution in [2.75, 3.05) is 6.54 Å². The molecule has 5 fully saturated rings. The molecule has 3 saturated carbocycles. The van der Waals surface area contributed by atoms with E-state index in [-0.39, 0.29) is 36.6 Å². The third-order valence-corrected chi connectivity index (χ3v) is 9.53. The Balaban J connectivity index is 1.33. The van der Waals surface area contributed by atoms with Gasteiger partial charge in [0.15, 0.2) is 5.78 Å². The fourth-order valence-electron chi connectivity index (χ4n) is 7.19. The minimum atomic E-state index is -0.209. The molecule has 2 saturated heterocycles. The zero-order valence-electron chi connectivity index (χ0n) is 19.7. The van der Waals surface area contributed by atoms with Gasteiger partial charge >= 0.3 is 7.12 Å². The smallest absolute Gasteiger partial charge is 0.405 e. The maximum Gasteiger partial charge on any atom is 0.461 e. The molecule has 0 aromatic heterocycles. The van der Waals surface area contributed by atoms with Crippen molar-refractivity contribution in [1.29, 1.82) is 0 Å². The highest BCUT2D eigenvalue weighted by atomic mass is 16.7. The Hall–Kier alpha value is -1.17. The van der Waals surface area contributed by atoms with Gasteiger partial charge < -0.3 is 14.6 Å². The lowest BCUT2D eigenvalue weighted by atomic mass is 9.43. The van der Waals surface area contributed by atoms with Crippen molar-refractivity contribution in [2.24, 2.45) is 23.2 Å². The number of Topliss-reactive ketones (excluding diaryl/α,β-unsaturated/α-hetero) is 1. The van der Waals surface area contributed by atoms with E-state index in [0.29, 0.717) is 23.5 Å². The molecule has 31 heavy (non-hydrogen) atoms. The zero-order chi connectivity index (χ0) is 21.8. The minimum Gasteiger partial charge on any atom is -0.405 e. The molecule has 0 amide bonds. The van der Waals surface area contributed by atoms with Crippen LogP contribution in [0.25, 0.3) is 0 Å². The Morgan fingerprint density at radius 1 is 1.23 bits per heavy atom. The Labute approximate surface area is 188 Å². The van der Waals surface area contributed by atoms with Gasteiger partial charge in [-0.2, -0.15) is 0 Å². The molecule has 5 aliphatic rings. The molecule has 3 aliphatic carbocycles. The standard InChI is InChI=1S/C26H38BNO3/c1-17(27-30-24-16-20-15-23(25(20,2)3)26(24,4)31-27)19(13-18-9-6-5-7-10-18)14-22(29)21-11-8-12-28-21/h5-7,9-10,17,19-21,23-24,28H,8,11-16H2,1-4H3/p+1/t17-,19+,20?,21+,23?,24?,26-/m1/s1. The summed E-state index contributed by atoms with van der Waals surface area (Å²) in [6.07, 6.45) is 6.30. The molecule has 2 aliphatic heterocycles. The van der Waals surface area contributed by atoms with Crippen LogP contribution in [0.4, 0.5) is 0 Å². The molecular weight excluding hydrogens is 385 g/mol. The summed E-state index contributed by atoms with van der Waals surface area (Å²) >= 11 is 0. The van der Waals surface area contributed by atoms with Crippen molar-refractivity contribution < 1.29 is 19.4 Å². The van der Waals surface area contributed by atoms with Crippen molar-refractivity contribution >= 4 is 12.9 Å². The first-order valence-electron chi connectivity index (χ1n) is 12.5. The van der Waals surface area contributed by atoms with Crippen molar-refractivity contribution in [3.63, 3.8) is 0 Å². The second-order valence-electron chi connectivity index (χ2n) is 11.6. The summed E-state index contributed by atoms with van der Waals surface area (Å²) < 4.78 is 13.4. The van der Waals surface area contributed by atoms with Crippen LogP contribution >= 0.6 is 0 Å². The summed E-state index contributed by atoms with van der Waals surface area (Å²) in [4.78, 5) is 13.1. The normalized spacial score (nSPS) is 37.7. The summed E-state index contributed by atoms with van der Waals surface area (Å²) in [6.45, 7) is 10.4. The average Bonchev–Trinajstić information content (AvgIpc) is 3.40. The van der Waals surface area contributed by atoms with Crippen LogP contribution in [0.3, 0.4) is 0 Å². The molecule has 0 radical (unpaired) electrons. The maximum absolute atomic E-state index is 13.1. The van der Waals surface area contributed by atoms with Crippen LogP contribution in [-0.4, -0.2) is 37.2 Å². The number of benzene rings is 1. The molecule has 168 valence electrons. The maximum atomic E-state index is 13.1. The van der Waals surface area contributed by atoms with Crippen LogP contribution in [-0.2, 0) is 20.5 Å². The SMILES string of the molecule is C[C@@H](B1OC2CC3CC(C3(C)C)[C@@]2(C)O1)[C@H](CC(=O)[C@@H]1CCC[NH2+]1)Cc1ccccc1. The first-order valence-corrected chi connectivity index (χ1v) is 12.5. The minimum absolute atomic E-state index is 0.156. The molecule has 1 aromatic carbocycles. The highest BCUT2D eigenvalue weighted by molar-refractivity contribution is 6.47. The third kappa shape index (κ3) is 3.71. The van der Waals surface area contributed by atoms with Gasteiger partial charge in [0, 0.05) is 19.3 Å².